The maximum Gasteiger partial charge on any atom is 0.0555 e. The Kier molecular flexibility index (Phi) is 4.86. The topological polar surface area (TPSA) is 32.3 Å². The summed E-state index contributed by atoms with van der Waals surface area (Å²) in [6.07, 6.45) is 3.91. The lowest BCUT2D eigenvalue weighted by Crippen LogP contribution is -2.35. The standard InChI is InChI=1S/C13H17BrClNO/c14-10-5-4-9(13(15)6-10)8-16-11-2-1-3-12(17)7-11/h4-6,11-12,16-17H,1-3,7-8H2. The van der Waals surface area contributed by atoms with Gasteiger partial charge in [-0.1, -0.05) is 33.6 Å². The zero-order valence-corrected chi connectivity index (χ0v) is 12.0. The molecule has 1 saturated carbocycles. The Morgan fingerprint density at radius 1 is 1.41 bits per heavy atom. The van der Waals surface area contributed by atoms with Crippen molar-refractivity contribution in [2.24, 2.45) is 0 Å². The molecule has 0 heterocycles. The molecular weight excluding hydrogens is 302 g/mol. The SMILES string of the molecule is OC1CCCC(NCc2ccc(Br)cc2Cl)C1. The van der Waals surface area contributed by atoms with Crippen LogP contribution in [0.5, 0.6) is 0 Å². The number of hydrogen-bond acceptors (Lipinski definition) is 2. The summed E-state index contributed by atoms with van der Waals surface area (Å²) >= 11 is 9.55. The van der Waals surface area contributed by atoms with E-state index in [9.17, 15) is 5.11 Å². The first kappa shape index (κ1) is 13.3. The van der Waals surface area contributed by atoms with Gasteiger partial charge in [0, 0.05) is 22.1 Å². The summed E-state index contributed by atoms with van der Waals surface area (Å²) in [5.74, 6) is 0. The van der Waals surface area contributed by atoms with Crippen molar-refractivity contribution < 1.29 is 5.11 Å². The molecule has 4 heteroatoms. The third-order valence-electron chi connectivity index (χ3n) is 3.24. The van der Waals surface area contributed by atoms with Gasteiger partial charge in [-0.3, -0.25) is 0 Å². The van der Waals surface area contributed by atoms with Crippen LogP contribution in [0.2, 0.25) is 5.02 Å². The molecule has 1 aliphatic carbocycles. The Morgan fingerprint density at radius 2 is 2.24 bits per heavy atom. The maximum absolute atomic E-state index is 9.60. The van der Waals surface area contributed by atoms with Gasteiger partial charge < -0.3 is 10.4 Å². The zero-order chi connectivity index (χ0) is 12.3. The first-order valence-corrected chi connectivity index (χ1v) is 7.17. The highest BCUT2D eigenvalue weighted by molar-refractivity contribution is 9.10. The second-order valence-corrected chi connectivity index (χ2v) is 5.96. The molecule has 2 nitrogen and oxygen atoms in total. The lowest BCUT2D eigenvalue weighted by Gasteiger charge is -2.26. The van der Waals surface area contributed by atoms with E-state index < -0.39 is 0 Å². The molecule has 2 rings (SSSR count). The molecule has 0 aromatic heterocycles. The van der Waals surface area contributed by atoms with Crippen molar-refractivity contribution in [3.63, 3.8) is 0 Å². The van der Waals surface area contributed by atoms with Crippen molar-refractivity contribution in [1.82, 2.24) is 5.32 Å². The number of nitrogens with one attached hydrogen (secondary N) is 1. The third kappa shape index (κ3) is 3.95. The molecule has 0 saturated heterocycles. The van der Waals surface area contributed by atoms with Gasteiger partial charge in [0.2, 0.25) is 0 Å². The number of aliphatic hydroxyl groups excluding tert-OH is 1. The second-order valence-electron chi connectivity index (χ2n) is 4.63. The first-order chi connectivity index (χ1) is 8.15. The number of halogens is 2. The molecule has 1 aromatic carbocycles. The van der Waals surface area contributed by atoms with Gasteiger partial charge in [0.05, 0.1) is 6.10 Å². The third-order valence-corrected chi connectivity index (χ3v) is 4.09. The summed E-state index contributed by atoms with van der Waals surface area (Å²) in [6, 6.07) is 6.35. The van der Waals surface area contributed by atoms with Gasteiger partial charge in [0.15, 0.2) is 0 Å². The molecule has 2 atom stereocenters. The van der Waals surface area contributed by atoms with E-state index in [0.29, 0.717) is 6.04 Å². The highest BCUT2D eigenvalue weighted by atomic mass is 79.9. The van der Waals surface area contributed by atoms with Gasteiger partial charge in [0.25, 0.3) is 0 Å². The average Bonchev–Trinajstić information content (AvgIpc) is 2.28. The van der Waals surface area contributed by atoms with Crippen molar-refractivity contribution in [1.29, 1.82) is 0 Å². The molecule has 1 fully saturated rings. The minimum atomic E-state index is -0.137. The van der Waals surface area contributed by atoms with Crippen molar-refractivity contribution in [3.8, 4) is 0 Å². The van der Waals surface area contributed by atoms with E-state index in [1.807, 2.05) is 18.2 Å². The van der Waals surface area contributed by atoms with Crippen LogP contribution in [0.1, 0.15) is 31.2 Å². The van der Waals surface area contributed by atoms with Gasteiger partial charge in [-0.2, -0.15) is 0 Å². The summed E-state index contributed by atoms with van der Waals surface area (Å²) in [4.78, 5) is 0. The molecule has 17 heavy (non-hydrogen) atoms. The number of aliphatic hydroxyl groups is 1. The second kappa shape index (κ2) is 6.19. The largest absolute Gasteiger partial charge is 0.393 e. The molecule has 0 spiro atoms. The van der Waals surface area contributed by atoms with Crippen LogP contribution in [-0.2, 0) is 6.54 Å². The van der Waals surface area contributed by atoms with Crippen molar-refractivity contribution in [3.05, 3.63) is 33.3 Å². The van der Waals surface area contributed by atoms with Gasteiger partial charge in [-0.15, -0.1) is 0 Å². The van der Waals surface area contributed by atoms with Crippen LogP contribution < -0.4 is 5.32 Å². The lowest BCUT2D eigenvalue weighted by molar-refractivity contribution is 0.111. The van der Waals surface area contributed by atoms with Crippen LogP contribution in [0.15, 0.2) is 22.7 Å². The molecule has 94 valence electrons. The molecule has 2 unspecified atom stereocenters. The monoisotopic (exact) mass is 317 g/mol. The van der Waals surface area contributed by atoms with Gasteiger partial charge in [-0.05, 0) is 43.4 Å². The summed E-state index contributed by atoms with van der Waals surface area (Å²) < 4.78 is 0.999. The first-order valence-electron chi connectivity index (χ1n) is 6.00. The van der Waals surface area contributed by atoms with Crippen LogP contribution in [0, 0.1) is 0 Å². The van der Waals surface area contributed by atoms with E-state index in [2.05, 4.69) is 21.2 Å². The summed E-state index contributed by atoms with van der Waals surface area (Å²) in [5.41, 5.74) is 1.11. The Labute approximate surface area is 115 Å². The highest BCUT2D eigenvalue weighted by Gasteiger charge is 2.19. The van der Waals surface area contributed by atoms with E-state index in [0.717, 1.165) is 47.3 Å². The molecule has 1 aliphatic rings. The minimum Gasteiger partial charge on any atom is -0.393 e. The van der Waals surface area contributed by atoms with Gasteiger partial charge in [-0.25, -0.2) is 0 Å². The zero-order valence-electron chi connectivity index (χ0n) is 9.63. The van der Waals surface area contributed by atoms with E-state index >= 15 is 0 Å². The fourth-order valence-corrected chi connectivity index (χ4v) is 3.01. The normalized spacial score (nSPS) is 24.9. The fourth-order valence-electron chi connectivity index (χ4n) is 2.27. The van der Waals surface area contributed by atoms with E-state index in [1.165, 1.54) is 0 Å². The molecule has 1 aromatic rings. The maximum atomic E-state index is 9.60. The predicted octanol–water partition coefficient (Wildman–Crippen LogP) is 3.50. The van der Waals surface area contributed by atoms with Crippen LogP contribution >= 0.6 is 27.5 Å². The van der Waals surface area contributed by atoms with Gasteiger partial charge in [0.1, 0.15) is 0 Å². The molecule has 0 amide bonds. The lowest BCUT2D eigenvalue weighted by atomic mass is 9.93. The Morgan fingerprint density at radius 3 is 2.94 bits per heavy atom. The number of benzene rings is 1. The number of rotatable bonds is 3. The highest BCUT2D eigenvalue weighted by Crippen LogP contribution is 2.23. The van der Waals surface area contributed by atoms with E-state index in [1.54, 1.807) is 0 Å². The van der Waals surface area contributed by atoms with Crippen LogP contribution in [0.4, 0.5) is 0 Å². The van der Waals surface area contributed by atoms with Crippen molar-refractivity contribution >= 4 is 27.5 Å². The number of hydrogen-bond donors (Lipinski definition) is 2. The Bertz CT molecular complexity index is 386. The molecular formula is C13H17BrClNO. The molecule has 0 bridgehead atoms. The van der Waals surface area contributed by atoms with Gasteiger partial charge >= 0.3 is 0 Å². The summed E-state index contributed by atoms with van der Waals surface area (Å²) in [7, 11) is 0. The van der Waals surface area contributed by atoms with E-state index in [4.69, 9.17) is 11.6 Å². The summed E-state index contributed by atoms with van der Waals surface area (Å²) in [5, 5.41) is 13.8. The fraction of sp³-hybridized carbons (Fsp3) is 0.538. The predicted molar refractivity (Wildman–Crippen MR) is 74.3 cm³/mol. The molecule has 0 aliphatic heterocycles. The van der Waals surface area contributed by atoms with Crippen LogP contribution in [-0.4, -0.2) is 17.3 Å². The van der Waals surface area contributed by atoms with Crippen LogP contribution in [0.3, 0.4) is 0 Å². The quantitative estimate of drug-likeness (QED) is 0.894. The average molecular weight is 319 g/mol. The Hall–Kier alpha value is -0.0900. The minimum absolute atomic E-state index is 0.137. The Balaban J connectivity index is 1.88. The molecule has 0 radical (unpaired) electrons. The van der Waals surface area contributed by atoms with Crippen molar-refractivity contribution in [2.45, 2.75) is 44.4 Å². The summed E-state index contributed by atoms with van der Waals surface area (Å²) in [6.45, 7) is 0.767. The molecule has 2 N–H and O–H groups in total. The van der Waals surface area contributed by atoms with Crippen LogP contribution in [0.25, 0.3) is 0 Å². The van der Waals surface area contributed by atoms with Crippen molar-refractivity contribution in [2.75, 3.05) is 0 Å². The van der Waals surface area contributed by atoms with E-state index in [-0.39, 0.29) is 6.10 Å². The smallest absolute Gasteiger partial charge is 0.0555 e.